The number of hydrogen-bond donors (Lipinski definition) is 1. The van der Waals surface area contributed by atoms with Crippen LogP contribution >= 0.6 is 0 Å². The van der Waals surface area contributed by atoms with Crippen LogP contribution in [0.25, 0.3) is 0 Å². The van der Waals surface area contributed by atoms with Crippen molar-refractivity contribution in [1.82, 2.24) is 20.2 Å². The number of aromatic nitrogens is 2. The van der Waals surface area contributed by atoms with Gasteiger partial charge in [0, 0.05) is 24.9 Å². The average molecular weight is 302 g/mol. The van der Waals surface area contributed by atoms with E-state index in [1.165, 1.54) is 37.1 Å². The van der Waals surface area contributed by atoms with E-state index >= 15 is 0 Å². The number of aryl methyl sites for hydroxylation is 2. The summed E-state index contributed by atoms with van der Waals surface area (Å²) in [6, 6.07) is 0. The molecule has 0 radical (unpaired) electrons. The second kappa shape index (κ2) is 7.18. The van der Waals surface area contributed by atoms with Crippen molar-refractivity contribution in [2.24, 2.45) is 5.92 Å². The third kappa shape index (κ3) is 4.03. The number of nitrogens with zero attached hydrogens (tertiary/aromatic N) is 3. The molecule has 0 aromatic carbocycles. The molecule has 120 valence electrons. The molecular weight excluding hydrogens is 276 g/mol. The highest BCUT2D eigenvalue weighted by atomic mass is 16.1. The molecule has 1 aromatic heterocycles. The minimum Gasteiger partial charge on any atom is -0.349 e. The molecule has 1 saturated heterocycles. The summed E-state index contributed by atoms with van der Waals surface area (Å²) in [4.78, 5) is 23.3. The quantitative estimate of drug-likeness (QED) is 0.899. The maximum Gasteiger partial charge on any atom is 0.220 e. The van der Waals surface area contributed by atoms with Gasteiger partial charge in [-0.25, -0.2) is 9.97 Å². The first-order valence-corrected chi connectivity index (χ1v) is 8.49. The van der Waals surface area contributed by atoms with Gasteiger partial charge in [0.2, 0.25) is 5.91 Å². The number of amides is 1. The Kier molecular flexibility index (Phi) is 5.03. The highest BCUT2D eigenvalue weighted by molar-refractivity contribution is 5.75. The Bertz CT molecular complexity index is 531. The smallest absolute Gasteiger partial charge is 0.220 e. The van der Waals surface area contributed by atoms with Crippen molar-refractivity contribution in [1.29, 1.82) is 0 Å². The maximum atomic E-state index is 12.0. The molecule has 1 N–H and O–H groups in total. The summed E-state index contributed by atoms with van der Waals surface area (Å²) in [5.41, 5.74) is 2.45. The van der Waals surface area contributed by atoms with Gasteiger partial charge in [-0.2, -0.15) is 0 Å². The summed E-state index contributed by atoms with van der Waals surface area (Å²) in [5.74, 6) is 1.53. The van der Waals surface area contributed by atoms with Gasteiger partial charge in [-0.05, 0) is 63.6 Å². The van der Waals surface area contributed by atoms with Crippen LogP contribution in [-0.2, 0) is 24.2 Å². The molecule has 1 amide bonds. The molecule has 1 fully saturated rings. The van der Waals surface area contributed by atoms with E-state index in [1.807, 2.05) is 6.20 Å². The number of fused-ring (bicyclic) bond motifs is 1. The predicted octanol–water partition coefficient (Wildman–Crippen LogP) is 1.70. The molecule has 3 rings (SSSR count). The average Bonchev–Trinajstić information content (AvgIpc) is 2.98. The van der Waals surface area contributed by atoms with Crippen molar-refractivity contribution in [3.05, 3.63) is 23.3 Å². The zero-order chi connectivity index (χ0) is 15.4. The molecule has 2 aliphatic rings. The maximum absolute atomic E-state index is 12.0. The van der Waals surface area contributed by atoms with Crippen LogP contribution in [0.5, 0.6) is 0 Å². The van der Waals surface area contributed by atoms with Gasteiger partial charge in [0.1, 0.15) is 5.82 Å². The zero-order valence-corrected chi connectivity index (χ0v) is 13.5. The lowest BCUT2D eigenvalue weighted by molar-refractivity contribution is -0.121. The fourth-order valence-electron chi connectivity index (χ4n) is 3.55. The van der Waals surface area contributed by atoms with Crippen molar-refractivity contribution in [2.75, 3.05) is 20.1 Å². The van der Waals surface area contributed by atoms with E-state index in [0.717, 1.165) is 31.6 Å². The molecule has 0 spiro atoms. The Morgan fingerprint density at radius 1 is 1.41 bits per heavy atom. The van der Waals surface area contributed by atoms with Gasteiger partial charge in [0.25, 0.3) is 0 Å². The minimum atomic E-state index is 0.123. The van der Waals surface area contributed by atoms with Gasteiger partial charge < -0.3 is 10.2 Å². The molecular formula is C17H26N4O. The van der Waals surface area contributed by atoms with Crippen LogP contribution in [0.3, 0.4) is 0 Å². The topological polar surface area (TPSA) is 58.1 Å². The zero-order valence-electron chi connectivity index (χ0n) is 13.5. The van der Waals surface area contributed by atoms with E-state index in [9.17, 15) is 4.79 Å². The predicted molar refractivity (Wildman–Crippen MR) is 85.4 cm³/mol. The van der Waals surface area contributed by atoms with Crippen molar-refractivity contribution < 1.29 is 4.79 Å². The largest absolute Gasteiger partial charge is 0.349 e. The Labute approximate surface area is 132 Å². The number of likely N-dealkylation sites (tertiary alicyclic amines) is 1. The summed E-state index contributed by atoms with van der Waals surface area (Å²) in [5, 5.41) is 2.96. The van der Waals surface area contributed by atoms with Crippen LogP contribution in [-0.4, -0.2) is 40.9 Å². The molecule has 0 bridgehead atoms. The monoisotopic (exact) mass is 302 g/mol. The van der Waals surface area contributed by atoms with E-state index in [0.29, 0.717) is 18.9 Å². The van der Waals surface area contributed by atoms with Gasteiger partial charge in [-0.1, -0.05) is 0 Å². The van der Waals surface area contributed by atoms with E-state index in [2.05, 4.69) is 27.2 Å². The van der Waals surface area contributed by atoms with Crippen LogP contribution < -0.4 is 5.32 Å². The molecule has 1 atom stereocenters. The molecule has 2 heterocycles. The first-order valence-electron chi connectivity index (χ1n) is 8.49. The van der Waals surface area contributed by atoms with Crippen molar-refractivity contribution >= 4 is 5.91 Å². The summed E-state index contributed by atoms with van der Waals surface area (Å²) < 4.78 is 0. The van der Waals surface area contributed by atoms with Crippen LogP contribution in [0.1, 0.15) is 49.2 Å². The third-order valence-corrected chi connectivity index (χ3v) is 4.81. The molecule has 0 unspecified atom stereocenters. The van der Waals surface area contributed by atoms with E-state index in [4.69, 9.17) is 0 Å². The normalized spacial score (nSPS) is 21.6. The summed E-state index contributed by atoms with van der Waals surface area (Å²) in [7, 11) is 2.16. The van der Waals surface area contributed by atoms with Crippen LogP contribution in [0.2, 0.25) is 0 Å². The Morgan fingerprint density at radius 3 is 3.18 bits per heavy atom. The molecule has 0 saturated carbocycles. The van der Waals surface area contributed by atoms with Gasteiger partial charge in [0.15, 0.2) is 0 Å². The van der Waals surface area contributed by atoms with Crippen molar-refractivity contribution in [3.8, 4) is 0 Å². The van der Waals surface area contributed by atoms with Crippen LogP contribution in [0.15, 0.2) is 6.20 Å². The van der Waals surface area contributed by atoms with Crippen molar-refractivity contribution in [2.45, 2.75) is 51.5 Å². The van der Waals surface area contributed by atoms with E-state index in [-0.39, 0.29) is 5.91 Å². The van der Waals surface area contributed by atoms with Gasteiger partial charge in [-0.15, -0.1) is 0 Å². The second-order valence-corrected chi connectivity index (χ2v) is 6.70. The number of nitrogens with one attached hydrogen (secondary N) is 1. The van der Waals surface area contributed by atoms with Crippen molar-refractivity contribution in [3.63, 3.8) is 0 Å². The highest BCUT2D eigenvalue weighted by Gasteiger charge is 2.18. The van der Waals surface area contributed by atoms with E-state index in [1.54, 1.807) is 0 Å². The Morgan fingerprint density at radius 2 is 2.32 bits per heavy atom. The van der Waals surface area contributed by atoms with Gasteiger partial charge in [0.05, 0.1) is 6.54 Å². The first-order chi connectivity index (χ1) is 10.7. The molecule has 22 heavy (non-hydrogen) atoms. The number of carbonyl (C=O) groups is 1. The molecule has 1 aliphatic carbocycles. The fourth-order valence-corrected chi connectivity index (χ4v) is 3.55. The number of hydrogen-bond acceptors (Lipinski definition) is 4. The molecule has 5 nitrogen and oxygen atoms in total. The number of piperidine rings is 1. The minimum absolute atomic E-state index is 0.123. The summed E-state index contributed by atoms with van der Waals surface area (Å²) >= 11 is 0. The summed E-state index contributed by atoms with van der Waals surface area (Å²) in [6.45, 7) is 2.77. The van der Waals surface area contributed by atoms with Gasteiger partial charge in [-0.3, -0.25) is 4.79 Å². The lowest BCUT2D eigenvalue weighted by Gasteiger charge is -2.29. The molecule has 1 aliphatic heterocycles. The third-order valence-electron chi connectivity index (χ3n) is 4.81. The fraction of sp³-hybridized carbons (Fsp3) is 0.706. The lowest BCUT2D eigenvalue weighted by atomic mass is 9.93. The summed E-state index contributed by atoms with van der Waals surface area (Å²) in [6.07, 6.45) is 9.36. The van der Waals surface area contributed by atoms with E-state index < -0.39 is 0 Å². The highest BCUT2D eigenvalue weighted by Crippen LogP contribution is 2.20. The van der Waals surface area contributed by atoms with Crippen LogP contribution in [0, 0.1) is 5.92 Å². The molecule has 5 heteroatoms. The standard InChI is InChI=1S/C17H26N4O/c1-21-9-3-4-13(12-21)7-8-17(22)19-11-16-18-10-14-5-2-6-15(14)20-16/h10,13H,2-9,11-12H2,1H3,(H,19,22)/t13-/m0/s1. The molecule has 1 aromatic rings. The first kappa shape index (κ1) is 15.4. The van der Waals surface area contributed by atoms with Gasteiger partial charge >= 0.3 is 0 Å². The SMILES string of the molecule is CN1CCC[C@@H](CCC(=O)NCc2ncc3c(n2)CCC3)C1. The Balaban J connectivity index is 1.40. The number of rotatable bonds is 5. The number of carbonyl (C=O) groups excluding carboxylic acids is 1. The second-order valence-electron chi connectivity index (χ2n) is 6.70. The Hall–Kier alpha value is -1.49. The lowest BCUT2D eigenvalue weighted by Crippen LogP contribution is -2.33. The van der Waals surface area contributed by atoms with Crippen LogP contribution in [0.4, 0.5) is 0 Å².